The van der Waals surface area contributed by atoms with Crippen LogP contribution < -0.4 is 15.5 Å². The lowest BCUT2D eigenvalue weighted by atomic mass is 9.97. The van der Waals surface area contributed by atoms with Gasteiger partial charge in [-0.05, 0) is 31.2 Å². The third kappa shape index (κ3) is 5.24. The fraction of sp³-hybridized carbons (Fsp3) is 0.368. The number of nitrogens with zero attached hydrogens (tertiary/aromatic N) is 4. The number of aromatic nitrogens is 2. The van der Waals surface area contributed by atoms with Crippen LogP contribution in [0.4, 0.5) is 17.2 Å². The van der Waals surface area contributed by atoms with E-state index in [0.29, 0.717) is 12.1 Å². The molecule has 1 saturated heterocycles. The molecular formula is C19H22N6O4. The molecule has 1 fully saturated rings. The van der Waals surface area contributed by atoms with Crippen molar-refractivity contribution in [3.8, 4) is 0 Å². The second kappa shape index (κ2) is 9.09. The number of nitro benzene ring substituents is 1. The average molecular weight is 398 g/mol. The van der Waals surface area contributed by atoms with Crippen LogP contribution in [0.3, 0.4) is 0 Å². The minimum absolute atomic E-state index is 0.152. The normalized spacial score (nSPS) is 14.3. The highest BCUT2D eigenvalue weighted by atomic mass is 16.6. The lowest BCUT2D eigenvalue weighted by Crippen LogP contribution is -2.42. The summed E-state index contributed by atoms with van der Waals surface area (Å²) < 4.78 is 0. The molecule has 0 spiro atoms. The van der Waals surface area contributed by atoms with Crippen molar-refractivity contribution in [1.82, 2.24) is 15.3 Å². The van der Waals surface area contributed by atoms with Gasteiger partial charge in [-0.2, -0.15) is 0 Å². The average Bonchev–Trinajstić information content (AvgIpc) is 2.74. The number of nitro groups is 1. The van der Waals surface area contributed by atoms with Gasteiger partial charge in [-0.1, -0.05) is 6.07 Å². The Morgan fingerprint density at radius 3 is 2.66 bits per heavy atom. The lowest BCUT2D eigenvalue weighted by Gasteiger charge is -2.32. The van der Waals surface area contributed by atoms with Gasteiger partial charge < -0.3 is 15.5 Å². The van der Waals surface area contributed by atoms with Crippen molar-refractivity contribution < 1.29 is 14.5 Å². The van der Waals surface area contributed by atoms with Crippen molar-refractivity contribution in [2.75, 3.05) is 29.9 Å². The van der Waals surface area contributed by atoms with Crippen LogP contribution in [0.25, 0.3) is 0 Å². The summed E-state index contributed by atoms with van der Waals surface area (Å²) in [6, 6.07) is 4.11. The first-order valence-electron chi connectivity index (χ1n) is 9.29. The largest absolute Gasteiger partial charge is 0.355 e. The maximum Gasteiger partial charge on any atom is 0.313 e. The van der Waals surface area contributed by atoms with E-state index in [1.54, 1.807) is 25.5 Å². The Morgan fingerprint density at radius 1 is 1.24 bits per heavy atom. The molecule has 0 aliphatic carbocycles. The Bertz CT molecular complexity index is 897. The van der Waals surface area contributed by atoms with Crippen LogP contribution >= 0.6 is 0 Å². The van der Waals surface area contributed by atoms with Crippen molar-refractivity contribution in [2.24, 2.45) is 5.92 Å². The van der Waals surface area contributed by atoms with Crippen molar-refractivity contribution in [1.29, 1.82) is 0 Å². The fourth-order valence-corrected chi connectivity index (χ4v) is 3.18. The Morgan fingerprint density at radius 2 is 2.00 bits per heavy atom. The van der Waals surface area contributed by atoms with E-state index >= 15 is 0 Å². The molecular weight excluding hydrogens is 376 g/mol. The predicted molar refractivity (Wildman–Crippen MR) is 106 cm³/mol. The maximum atomic E-state index is 12.1. The highest BCUT2D eigenvalue weighted by Crippen LogP contribution is 2.22. The number of carbonyl (C=O) groups is 2. The molecule has 3 rings (SSSR count). The van der Waals surface area contributed by atoms with E-state index in [4.69, 9.17) is 0 Å². The Labute approximate surface area is 167 Å². The van der Waals surface area contributed by atoms with Crippen LogP contribution in [0.2, 0.25) is 0 Å². The number of non-ortho nitro benzene ring substituents is 1. The molecule has 0 saturated carbocycles. The number of rotatable bonds is 5. The molecule has 2 N–H and O–H groups in total. The standard InChI is InChI=1S/C19H22N6O4/c1-13-2-3-15(25(28)29)10-16(13)23-19(27)18(26)22-11-14-4-8-24(9-5-14)17-12-20-6-7-21-17/h2-3,6-7,10,12,14H,4-5,8-9,11H2,1H3,(H,22,26)(H,23,27). The first-order valence-corrected chi connectivity index (χ1v) is 9.29. The fourth-order valence-electron chi connectivity index (χ4n) is 3.18. The molecule has 1 aromatic carbocycles. The van der Waals surface area contributed by atoms with E-state index in [-0.39, 0.29) is 17.3 Å². The highest BCUT2D eigenvalue weighted by Gasteiger charge is 2.22. The maximum absolute atomic E-state index is 12.1. The van der Waals surface area contributed by atoms with Crippen molar-refractivity contribution in [3.05, 3.63) is 52.5 Å². The first kappa shape index (κ1) is 20.2. The van der Waals surface area contributed by atoms with Crippen LogP contribution in [0.15, 0.2) is 36.8 Å². The topological polar surface area (TPSA) is 130 Å². The zero-order valence-electron chi connectivity index (χ0n) is 16.0. The predicted octanol–water partition coefficient (Wildman–Crippen LogP) is 1.66. The number of anilines is 2. The van der Waals surface area contributed by atoms with E-state index in [0.717, 1.165) is 31.7 Å². The number of piperidine rings is 1. The van der Waals surface area contributed by atoms with E-state index in [9.17, 15) is 19.7 Å². The van der Waals surface area contributed by atoms with Gasteiger partial charge in [0, 0.05) is 44.2 Å². The summed E-state index contributed by atoms with van der Waals surface area (Å²) in [6.07, 6.45) is 6.74. The van der Waals surface area contributed by atoms with Crippen LogP contribution in [0.5, 0.6) is 0 Å². The van der Waals surface area contributed by atoms with Gasteiger partial charge in [-0.25, -0.2) is 4.98 Å². The third-order valence-corrected chi connectivity index (χ3v) is 4.93. The zero-order valence-corrected chi connectivity index (χ0v) is 16.0. The van der Waals surface area contributed by atoms with E-state index in [2.05, 4.69) is 25.5 Å². The van der Waals surface area contributed by atoms with E-state index in [1.165, 1.54) is 18.2 Å². The molecule has 152 valence electrons. The molecule has 2 amide bonds. The molecule has 29 heavy (non-hydrogen) atoms. The summed E-state index contributed by atoms with van der Waals surface area (Å²) >= 11 is 0. The van der Waals surface area contributed by atoms with Gasteiger partial charge in [0.15, 0.2) is 0 Å². The lowest BCUT2D eigenvalue weighted by molar-refractivity contribution is -0.384. The molecule has 1 aromatic heterocycles. The van der Waals surface area contributed by atoms with Crippen molar-refractivity contribution in [3.63, 3.8) is 0 Å². The van der Waals surface area contributed by atoms with Crippen LogP contribution in [-0.2, 0) is 9.59 Å². The van der Waals surface area contributed by atoms with Crippen LogP contribution in [0, 0.1) is 23.0 Å². The van der Waals surface area contributed by atoms with E-state index < -0.39 is 16.7 Å². The first-order chi connectivity index (χ1) is 13.9. The molecule has 10 heteroatoms. The summed E-state index contributed by atoms with van der Waals surface area (Å²) in [4.78, 5) is 45.1. The Balaban J connectivity index is 1.47. The molecule has 0 radical (unpaired) electrons. The summed E-state index contributed by atoms with van der Waals surface area (Å²) in [6.45, 7) is 3.70. The SMILES string of the molecule is Cc1ccc([N+](=O)[O-])cc1NC(=O)C(=O)NCC1CCN(c2cnccn2)CC1. The third-order valence-electron chi connectivity index (χ3n) is 4.93. The Hall–Kier alpha value is -3.56. The molecule has 0 atom stereocenters. The number of hydrogen-bond donors (Lipinski definition) is 2. The molecule has 2 heterocycles. The smallest absolute Gasteiger partial charge is 0.313 e. The van der Waals surface area contributed by atoms with E-state index in [1.807, 2.05) is 0 Å². The quantitative estimate of drug-likeness (QED) is 0.445. The van der Waals surface area contributed by atoms with Gasteiger partial charge in [0.25, 0.3) is 5.69 Å². The van der Waals surface area contributed by atoms with Gasteiger partial charge in [-0.3, -0.25) is 24.7 Å². The molecule has 0 unspecified atom stereocenters. The van der Waals surface area contributed by atoms with Gasteiger partial charge in [-0.15, -0.1) is 0 Å². The van der Waals surface area contributed by atoms with Crippen LogP contribution in [-0.4, -0.2) is 46.3 Å². The minimum atomic E-state index is -0.842. The van der Waals surface area contributed by atoms with Crippen molar-refractivity contribution in [2.45, 2.75) is 19.8 Å². The second-order valence-electron chi connectivity index (χ2n) is 6.91. The second-order valence-corrected chi connectivity index (χ2v) is 6.91. The summed E-state index contributed by atoms with van der Waals surface area (Å²) in [5.41, 5.74) is 0.728. The van der Waals surface area contributed by atoms with Crippen molar-refractivity contribution >= 4 is 29.0 Å². The Kier molecular flexibility index (Phi) is 6.32. The monoisotopic (exact) mass is 398 g/mol. The zero-order chi connectivity index (χ0) is 20.8. The molecule has 1 aliphatic heterocycles. The van der Waals surface area contributed by atoms with Gasteiger partial charge >= 0.3 is 11.8 Å². The molecule has 1 aliphatic rings. The number of amides is 2. The summed E-state index contributed by atoms with van der Waals surface area (Å²) in [5.74, 6) is -0.501. The summed E-state index contributed by atoms with van der Waals surface area (Å²) in [5, 5.41) is 16.0. The number of nitrogens with one attached hydrogen (secondary N) is 2. The van der Waals surface area contributed by atoms with Gasteiger partial charge in [0.05, 0.1) is 16.8 Å². The number of carbonyl (C=O) groups excluding carboxylic acids is 2. The van der Waals surface area contributed by atoms with Gasteiger partial charge in [0.1, 0.15) is 5.82 Å². The summed E-state index contributed by atoms with van der Waals surface area (Å²) in [7, 11) is 0. The number of aryl methyl sites for hydroxylation is 1. The molecule has 0 bridgehead atoms. The molecule has 2 aromatic rings. The molecule has 10 nitrogen and oxygen atoms in total. The number of hydrogen-bond acceptors (Lipinski definition) is 7. The van der Waals surface area contributed by atoms with Crippen LogP contribution in [0.1, 0.15) is 18.4 Å². The number of benzene rings is 1. The highest BCUT2D eigenvalue weighted by molar-refractivity contribution is 6.39. The minimum Gasteiger partial charge on any atom is -0.355 e. The van der Waals surface area contributed by atoms with Gasteiger partial charge in [0.2, 0.25) is 0 Å².